The van der Waals surface area contributed by atoms with Crippen LogP contribution in [0.3, 0.4) is 0 Å². The summed E-state index contributed by atoms with van der Waals surface area (Å²) in [7, 11) is -3.06. The van der Waals surface area contributed by atoms with E-state index >= 15 is 0 Å². The van der Waals surface area contributed by atoms with Crippen molar-refractivity contribution in [3.8, 4) is 0 Å². The maximum absolute atomic E-state index is 11.3. The zero-order chi connectivity index (χ0) is 18.6. The molecular formula is C16H24N6O3S. The van der Waals surface area contributed by atoms with Crippen LogP contribution in [0.4, 0.5) is 17.6 Å². The molecule has 9 nitrogen and oxygen atoms in total. The van der Waals surface area contributed by atoms with Crippen LogP contribution in [0, 0.1) is 0 Å². The van der Waals surface area contributed by atoms with Crippen molar-refractivity contribution in [1.82, 2.24) is 19.7 Å². The first kappa shape index (κ1) is 18.6. The molecule has 26 heavy (non-hydrogen) atoms. The van der Waals surface area contributed by atoms with Gasteiger partial charge in [0.15, 0.2) is 0 Å². The molecule has 0 aromatic carbocycles. The van der Waals surface area contributed by atoms with Gasteiger partial charge in [-0.2, -0.15) is 10.1 Å². The number of aryl methyl sites for hydroxylation is 1. The van der Waals surface area contributed by atoms with Gasteiger partial charge in [0.25, 0.3) is 0 Å². The van der Waals surface area contributed by atoms with E-state index in [1.807, 2.05) is 0 Å². The average Bonchev–Trinajstić information content (AvgIpc) is 3.02. The molecule has 3 rings (SSSR count). The van der Waals surface area contributed by atoms with Gasteiger partial charge in [-0.3, -0.25) is 0 Å². The molecule has 0 unspecified atom stereocenters. The second-order valence-corrected chi connectivity index (χ2v) is 8.87. The van der Waals surface area contributed by atoms with Crippen molar-refractivity contribution < 1.29 is 13.5 Å². The fourth-order valence-electron chi connectivity index (χ4n) is 2.90. The van der Waals surface area contributed by atoms with Crippen LogP contribution in [0.1, 0.15) is 25.7 Å². The number of nitrogens with one attached hydrogen (secondary N) is 2. The minimum atomic E-state index is -3.06. The van der Waals surface area contributed by atoms with E-state index in [1.54, 1.807) is 29.2 Å². The van der Waals surface area contributed by atoms with E-state index in [-0.39, 0.29) is 24.4 Å². The molecule has 0 amide bonds. The number of anilines is 3. The fraction of sp³-hybridized carbons (Fsp3) is 0.562. The van der Waals surface area contributed by atoms with Crippen LogP contribution in [0.5, 0.6) is 0 Å². The summed E-state index contributed by atoms with van der Waals surface area (Å²) >= 11 is 0. The molecule has 1 aliphatic rings. The first-order valence-electron chi connectivity index (χ1n) is 8.63. The first-order chi connectivity index (χ1) is 12.4. The number of aliphatic hydroxyl groups is 1. The Morgan fingerprint density at radius 2 is 2.00 bits per heavy atom. The minimum Gasteiger partial charge on any atom is -0.393 e. The number of hydrogen-bond acceptors (Lipinski definition) is 8. The summed E-state index contributed by atoms with van der Waals surface area (Å²) in [4.78, 5) is 8.70. The maximum Gasteiger partial charge on any atom is 0.224 e. The molecule has 0 atom stereocenters. The SMILES string of the molecule is CS(=O)(=O)CCn1nccc1Nc1ccnc(NC2CCC(O)CC2)n1. The fourth-order valence-corrected chi connectivity index (χ4v) is 3.41. The van der Waals surface area contributed by atoms with Crippen molar-refractivity contribution in [2.24, 2.45) is 0 Å². The molecule has 1 saturated carbocycles. The highest BCUT2D eigenvalue weighted by Crippen LogP contribution is 2.21. The Morgan fingerprint density at radius 1 is 1.23 bits per heavy atom. The van der Waals surface area contributed by atoms with Gasteiger partial charge in [-0.15, -0.1) is 0 Å². The predicted molar refractivity (Wildman–Crippen MR) is 99.1 cm³/mol. The van der Waals surface area contributed by atoms with Crippen LogP contribution in [-0.2, 0) is 16.4 Å². The van der Waals surface area contributed by atoms with E-state index in [9.17, 15) is 13.5 Å². The molecule has 0 aliphatic heterocycles. The van der Waals surface area contributed by atoms with Crippen LogP contribution in [-0.4, -0.2) is 57.4 Å². The molecule has 3 N–H and O–H groups in total. The number of sulfone groups is 1. The topological polar surface area (TPSA) is 122 Å². The second-order valence-electron chi connectivity index (χ2n) is 6.61. The van der Waals surface area contributed by atoms with E-state index in [1.165, 1.54) is 6.26 Å². The van der Waals surface area contributed by atoms with Crippen molar-refractivity contribution in [3.05, 3.63) is 24.5 Å². The van der Waals surface area contributed by atoms with E-state index in [4.69, 9.17) is 0 Å². The first-order valence-corrected chi connectivity index (χ1v) is 10.7. The molecular weight excluding hydrogens is 356 g/mol. The standard InChI is InChI=1S/C16H24N6O3S/c1-26(24,25)11-10-22-15(7-9-18-22)20-14-6-8-17-16(21-14)19-12-2-4-13(23)5-3-12/h6-9,12-13,23H,2-5,10-11H2,1H3,(H2,17,19,20,21). The third kappa shape index (κ3) is 5.40. The quantitative estimate of drug-likeness (QED) is 0.654. The van der Waals surface area contributed by atoms with E-state index in [0.29, 0.717) is 17.6 Å². The molecule has 2 heterocycles. The molecule has 0 spiro atoms. The molecule has 10 heteroatoms. The third-order valence-corrected chi connectivity index (χ3v) is 5.26. The lowest BCUT2D eigenvalue weighted by Crippen LogP contribution is -2.28. The highest BCUT2D eigenvalue weighted by molar-refractivity contribution is 7.90. The Labute approximate surface area is 152 Å². The summed E-state index contributed by atoms with van der Waals surface area (Å²) in [6.45, 7) is 0.273. The summed E-state index contributed by atoms with van der Waals surface area (Å²) < 4.78 is 24.3. The molecule has 2 aromatic heterocycles. The van der Waals surface area contributed by atoms with Gasteiger partial charge < -0.3 is 15.7 Å². The monoisotopic (exact) mass is 380 g/mol. The largest absolute Gasteiger partial charge is 0.393 e. The molecule has 142 valence electrons. The number of rotatable bonds is 7. The van der Waals surface area contributed by atoms with Crippen LogP contribution in [0.25, 0.3) is 0 Å². The van der Waals surface area contributed by atoms with Gasteiger partial charge in [-0.1, -0.05) is 0 Å². The molecule has 0 saturated heterocycles. The summed E-state index contributed by atoms with van der Waals surface area (Å²) in [5.41, 5.74) is 0. The Hall–Kier alpha value is -2.20. The maximum atomic E-state index is 11.3. The van der Waals surface area contributed by atoms with Crippen LogP contribution in [0.15, 0.2) is 24.5 Å². The number of aliphatic hydroxyl groups excluding tert-OH is 1. The third-order valence-electron chi connectivity index (χ3n) is 4.33. The summed E-state index contributed by atoms with van der Waals surface area (Å²) in [5.74, 6) is 1.81. The zero-order valence-electron chi connectivity index (χ0n) is 14.7. The van der Waals surface area contributed by atoms with Crippen molar-refractivity contribution in [2.75, 3.05) is 22.6 Å². The van der Waals surface area contributed by atoms with Crippen LogP contribution in [0.2, 0.25) is 0 Å². The van der Waals surface area contributed by atoms with Gasteiger partial charge in [0, 0.05) is 24.6 Å². The van der Waals surface area contributed by atoms with Crippen molar-refractivity contribution >= 4 is 27.4 Å². The molecule has 1 aliphatic carbocycles. The number of aromatic nitrogens is 4. The van der Waals surface area contributed by atoms with E-state index < -0.39 is 9.84 Å². The normalized spacial score (nSPS) is 20.7. The second kappa shape index (κ2) is 8.00. The van der Waals surface area contributed by atoms with Crippen molar-refractivity contribution in [1.29, 1.82) is 0 Å². The predicted octanol–water partition coefficient (Wildman–Crippen LogP) is 1.18. The lowest BCUT2D eigenvalue weighted by Gasteiger charge is -2.26. The number of nitrogens with zero attached hydrogens (tertiary/aromatic N) is 4. The Morgan fingerprint density at radius 3 is 2.73 bits per heavy atom. The average molecular weight is 380 g/mol. The van der Waals surface area contributed by atoms with Gasteiger partial charge in [0.1, 0.15) is 21.5 Å². The van der Waals surface area contributed by atoms with E-state index in [2.05, 4.69) is 25.7 Å². The van der Waals surface area contributed by atoms with Gasteiger partial charge >= 0.3 is 0 Å². The highest BCUT2D eigenvalue weighted by atomic mass is 32.2. The Bertz CT molecular complexity index is 830. The lowest BCUT2D eigenvalue weighted by molar-refractivity contribution is 0.126. The van der Waals surface area contributed by atoms with Gasteiger partial charge in [-0.25, -0.2) is 18.1 Å². The Balaban J connectivity index is 1.63. The molecule has 2 aromatic rings. The molecule has 0 bridgehead atoms. The molecule has 1 fully saturated rings. The lowest BCUT2D eigenvalue weighted by atomic mass is 9.93. The summed E-state index contributed by atoms with van der Waals surface area (Å²) in [6.07, 6.45) is 7.63. The van der Waals surface area contributed by atoms with E-state index in [0.717, 1.165) is 25.7 Å². The van der Waals surface area contributed by atoms with Crippen molar-refractivity contribution in [2.45, 2.75) is 44.4 Å². The van der Waals surface area contributed by atoms with Gasteiger partial charge in [0.2, 0.25) is 5.95 Å². The Kier molecular flexibility index (Phi) is 5.72. The van der Waals surface area contributed by atoms with Crippen LogP contribution < -0.4 is 10.6 Å². The summed E-state index contributed by atoms with van der Waals surface area (Å²) in [5, 5.41) is 20.2. The minimum absolute atomic E-state index is 0.0213. The highest BCUT2D eigenvalue weighted by Gasteiger charge is 2.19. The summed E-state index contributed by atoms with van der Waals surface area (Å²) in [6, 6.07) is 3.76. The smallest absolute Gasteiger partial charge is 0.224 e. The zero-order valence-corrected chi connectivity index (χ0v) is 15.5. The van der Waals surface area contributed by atoms with Gasteiger partial charge in [0.05, 0.1) is 24.6 Å². The van der Waals surface area contributed by atoms with Gasteiger partial charge in [-0.05, 0) is 31.7 Å². The molecule has 0 radical (unpaired) electrons. The van der Waals surface area contributed by atoms with Crippen LogP contribution >= 0.6 is 0 Å². The number of hydrogen-bond donors (Lipinski definition) is 3. The van der Waals surface area contributed by atoms with Crippen molar-refractivity contribution in [3.63, 3.8) is 0 Å².